The normalized spacial score (nSPS) is 21.2. The average molecular weight is 314 g/mol. The largest absolute Gasteiger partial charge is 0.371 e. The van der Waals surface area contributed by atoms with Crippen molar-refractivity contribution in [1.29, 1.82) is 0 Å². The molecule has 1 aliphatic heterocycles. The molecule has 2 aromatic rings. The van der Waals surface area contributed by atoms with Crippen LogP contribution in [0.1, 0.15) is 36.0 Å². The molecule has 6 nitrogen and oxygen atoms in total. The third-order valence-corrected chi connectivity index (χ3v) is 4.29. The van der Waals surface area contributed by atoms with Gasteiger partial charge in [-0.05, 0) is 44.9 Å². The molecule has 1 fully saturated rings. The van der Waals surface area contributed by atoms with Crippen LogP contribution in [0.25, 0.3) is 0 Å². The summed E-state index contributed by atoms with van der Waals surface area (Å²) in [7, 11) is 1.87. The fourth-order valence-corrected chi connectivity index (χ4v) is 3.05. The number of carbonyl (C=O) groups excluding carboxylic acids is 1. The molecular formula is C17H22N4O2. The molecule has 3 heterocycles. The van der Waals surface area contributed by atoms with Gasteiger partial charge in [0.25, 0.3) is 0 Å². The van der Waals surface area contributed by atoms with Crippen LogP contribution < -0.4 is 5.32 Å². The van der Waals surface area contributed by atoms with Crippen LogP contribution in [0, 0.1) is 19.8 Å². The van der Waals surface area contributed by atoms with Gasteiger partial charge in [0.15, 0.2) is 0 Å². The molecule has 1 saturated heterocycles. The highest BCUT2D eigenvalue weighted by atomic mass is 16.5. The van der Waals surface area contributed by atoms with Gasteiger partial charge in [0.2, 0.25) is 5.91 Å². The van der Waals surface area contributed by atoms with Gasteiger partial charge in [-0.15, -0.1) is 0 Å². The summed E-state index contributed by atoms with van der Waals surface area (Å²) in [4.78, 5) is 17.2. The molecule has 2 atom stereocenters. The van der Waals surface area contributed by atoms with Gasteiger partial charge in [0.05, 0.1) is 23.0 Å². The molecule has 6 heteroatoms. The van der Waals surface area contributed by atoms with E-state index < -0.39 is 0 Å². The minimum Gasteiger partial charge on any atom is -0.371 e. The summed E-state index contributed by atoms with van der Waals surface area (Å²) in [5.41, 5.74) is 3.46. The second kappa shape index (κ2) is 6.50. The Hall–Kier alpha value is -2.21. The first-order chi connectivity index (χ1) is 11.1. The average Bonchev–Trinajstić information content (AvgIpc) is 2.96. The standard InChI is InChI=1S/C17H22N4O2/c1-11-6-7-14(12(2)19-11)20-17(22)13-5-4-10-23-16(13)15-8-9-18-21(15)3/h6-9,13,16H,4-5,10H2,1-3H3,(H,20,22)/t13-,16-/m1/s1. The zero-order chi connectivity index (χ0) is 16.4. The number of hydrogen-bond donors (Lipinski definition) is 1. The van der Waals surface area contributed by atoms with E-state index in [4.69, 9.17) is 4.74 Å². The Kier molecular flexibility index (Phi) is 4.43. The lowest BCUT2D eigenvalue weighted by Gasteiger charge is -2.31. The number of pyridine rings is 1. The van der Waals surface area contributed by atoms with E-state index in [2.05, 4.69) is 15.4 Å². The van der Waals surface area contributed by atoms with Crippen molar-refractivity contribution in [2.24, 2.45) is 13.0 Å². The molecule has 3 rings (SSSR count). The Morgan fingerprint density at radius 2 is 2.17 bits per heavy atom. The lowest BCUT2D eigenvalue weighted by Crippen LogP contribution is -2.34. The van der Waals surface area contributed by atoms with E-state index in [1.54, 1.807) is 10.9 Å². The van der Waals surface area contributed by atoms with Gasteiger partial charge in [0, 0.05) is 25.5 Å². The number of carbonyl (C=O) groups is 1. The molecule has 0 bridgehead atoms. The SMILES string of the molecule is Cc1ccc(NC(=O)[C@@H]2CCCO[C@H]2c2ccnn2C)c(C)n1. The zero-order valence-electron chi connectivity index (χ0n) is 13.7. The minimum atomic E-state index is -0.255. The highest BCUT2D eigenvalue weighted by Gasteiger charge is 2.34. The summed E-state index contributed by atoms with van der Waals surface area (Å²) < 4.78 is 7.66. The minimum absolute atomic E-state index is 0.0235. The van der Waals surface area contributed by atoms with Crippen molar-refractivity contribution >= 4 is 11.6 Å². The molecule has 0 spiro atoms. The molecule has 0 saturated carbocycles. The number of rotatable bonds is 3. The molecule has 23 heavy (non-hydrogen) atoms. The van der Waals surface area contributed by atoms with Gasteiger partial charge >= 0.3 is 0 Å². The van der Waals surface area contributed by atoms with Crippen molar-refractivity contribution in [2.75, 3.05) is 11.9 Å². The number of hydrogen-bond acceptors (Lipinski definition) is 4. The van der Waals surface area contributed by atoms with Crippen LogP contribution in [0.4, 0.5) is 5.69 Å². The molecule has 0 aliphatic carbocycles. The van der Waals surface area contributed by atoms with E-state index in [1.807, 2.05) is 39.1 Å². The third-order valence-electron chi connectivity index (χ3n) is 4.29. The van der Waals surface area contributed by atoms with Crippen molar-refractivity contribution in [1.82, 2.24) is 14.8 Å². The van der Waals surface area contributed by atoms with Crippen LogP contribution in [-0.2, 0) is 16.6 Å². The van der Waals surface area contributed by atoms with Gasteiger partial charge in [-0.2, -0.15) is 5.10 Å². The maximum absolute atomic E-state index is 12.8. The summed E-state index contributed by atoms with van der Waals surface area (Å²) in [6, 6.07) is 5.71. The monoisotopic (exact) mass is 314 g/mol. The van der Waals surface area contributed by atoms with E-state index >= 15 is 0 Å². The number of nitrogens with zero attached hydrogens (tertiary/aromatic N) is 3. The smallest absolute Gasteiger partial charge is 0.230 e. The Labute approximate surface area is 135 Å². The van der Waals surface area contributed by atoms with E-state index in [0.717, 1.165) is 35.6 Å². The topological polar surface area (TPSA) is 69.0 Å². The number of aromatic nitrogens is 3. The molecule has 0 aromatic carbocycles. The summed E-state index contributed by atoms with van der Waals surface area (Å²) >= 11 is 0. The summed E-state index contributed by atoms with van der Waals surface area (Å²) in [6.07, 6.45) is 3.17. The van der Waals surface area contributed by atoms with Crippen molar-refractivity contribution in [3.05, 3.63) is 41.5 Å². The van der Waals surface area contributed by atoms with Crippen molar-refractivity contribution in [2.45, 2.75) is 32.8 Å². The second-order valence-corrected chi connectivity index (χ2v) is 5.99. The van der Waals surface area contributed by atoms with Crippen LogP contribution in [0.2, 0.25) is 0 Å². The van der Waals surface area contributed by atoms with Crippen molar-refractivity contribution < 1.29 is 9.53 Å². The fourth-order valence-electron chi connectivity index (χ4n) is 3.05. The number of ether oxygens (including phenoxy) is 1. The van der Waals surface area contributed by atoms with Crippen molar-refractivity contribution in [3.8, 4) is 0 Å². The number of anilines is 1. The first-order valence-corrected chi connectivity index (χ1v) is 7.91. The lowest BCUT2D eigenvalue weighted by atomic mass is 9.91. The molecule has 122 valence electrons. The molecule has 0 unspecified atom stereocenters. The maximum Gasteiger partial charge on any atom is 0.230 e. The molecular weight excluding hydrogens is 292 g/mol. The van der Waals surface area contributed by atoms with Gasteiger partial charge in [-0.3, -0.25) is 14.5 Å². The van der Waals surface area contributed by atoms with Gasteiger partial charge in [0.1, 0.15) is 6.10 Å². The van der Waals surface area contributed by atoms with E-state index in [9.17, 15) is 4.79 Å². The lowest BCUT2D eigenvalue weighted by molar-refractivity contribution is -0.129. The van der Waals surface area contributed by atoms with Crippen LogP contribution >= 0.6 is 0 Å². The molecule has 1 amide bonds. The van der Waals surface area contributed by atoms with Crippen LogP contribution in [0.3, 0.4) is 0 Å². The summed E-state index contributed by atoms with van der Waals surface area (Å²) in [6.45, 7) is 4.51. The Balaban J connectivity index is 1.80. The van der Waals surface area contributed by atoms with Gasteiger partial charge in [-0.1, -0.05) is 0 Å². The molecule has 1 aliphatic rings. The number of aryl methyl sites for hydroxylation is 3. The fraction of sp³-hybridized carbons (Fsp3) is 0.471. The predicted molar refractivity (Wildman–Crippen MR) is 87.0 cm³/mol. The first kappa shape index (κ1) is 15.7. The Morgan fingerprint density at radius 3 is 2.87 bits per heavy atom. The molecule has 1 N–H and O–H groups in total. The quantitative estimate of drug-likeness (QED) is 0.945. The van der Waals surface area contributed by atoms with Crippen LogP contribution in [0.15, 0.2) is 24.4 Å². The maximum atomic E-state index is 12.8. The molecule has 0 radical (unpaired) electrons. The highest BCUT2D eigenvalue weighted by molar-refractivity contribution is 5.93. The predicted octanol–water partition coefficient (Wildman–Crippen LogP) is 2.54. The summed E-state index contributed by atoms with van der Waals surface area (Å²) in [5, 5.41) is 7.20. The van der Waals surface area contributed by atoms with Crippen LogP contribution in [-0.4, -0.2) is 27.3 Å². The van der Waals surface area contributed by atoms with Gasteiger partial charge < -0.3 is 10.1 Å². The number of amides is 1. The van der Waals surface area contributed by atoms with E-state index in [1.165, 1.54) is 0 Å². The van der Waals surface area contributed by atoms with Crippen molar-refractivity contribution in [3.63, 3.8) is 0 Å². The first-order valence-electron chi connectivity index (χ1n) is 7.91. The van der Waals surface area contributed by atoms with E-state index in [0.29, 0.717) is 6.61 Å². The van der Waals surface area contributed by atoms with Crippen LogP contribution in [0.5, 0.6) is 0 Å². The zero-order valence-corrected chi connectivity index (χ0v) is 13.7. The third kappa shape index (κ3) is 3.27. The summed E-state index contributed by atoms with van der Waals surface area (Å²) in [5.74, 6) is -0.246. The highest BCUT2D eigenvalue weighted by Crippen LogP contribution is 2.34. The number of nitrogens with one attached hydrogen (secondary N) is 1. The van der Waals surface area contributed by atoms with E-state index in [-0.39, 0.29) is 17.9 Å². The Morgan fingerprint density at radius 1 is 1.35 bits per heavy atom. The van der Waals surface area contributed by atoms with Gasteiger partial charge in [-0.25, -0.2) is 0 Å². The molecule has 2 aromatic heterocycles. The Bertz CT molecular complexity index is 710. The second-order valence-electron chi connectivity index (χ2n) is 5.99.